The smallest absolute Gasteiger partial charge is 0.251 e. The lowest BCUT2D eigenvalue weighted by atomic mass is 9.72. The lowest BCUT2D eigenvalue weighted by Crippen LogP contribution is -2.54. The quantitative estimate of drug-likeness (QED) is 0.738. The molecule has 23 heavy (non-hydrogen) atoms. The first-order chi connectivity index (χ1) is 11.0. The van der Waals surface area contributed by atoms with Gasteiger partial charge < -0.3 is 19.3 Å². The molecule has 0 aliphatic carbocycles. The molecule has 132 valence electrons. The molecule has 0 aromatic heterocycles. The van der Waals surface area contributed by atoms with Crippen molar-refractivity contribution >= 4 is 11.8 Å². The van der Waals surface area contributed by atoms with Crippen molar-refractivity contribution in [2.75, 3.05) is 47.0 Å². The summed E-state index contributed by atoms with van der Waals surface area (Å²) in [4.78, 5) is 28.3. The predicted molar refractivity (Wildman–Crippen MR) is 87.0 cm³/mol. The molecule has 0 bridgehead atoms. The van der Waals surface area contributed by atoms with E-state index in [1.165, 1.54) is 0 Å². The molecule has 0 N–H and O–H groups in total. The number of rotatable bonds is 6. The Morgan fingerprint density at radius 2 is 1.96 bits per heavy atom. The third-order valence-corrected chi connectivity index (χ3v) is 5.38. The standard InChI is InChI=1S/C17H30N2O4/c1-4-14(23-3)16(21)18-9-7-17(8-10-18)6-5-15(20)19(13-17)11-12-22-2/h14H,4-13H2,1-3H3. The average molecular weight is 326 g/mol. The third kappa shape index (κ3) is 4.23. The van der Waals surface area contributed by atoms with E-state index in [1.807, 2.05) is 16.7 Å². The van der Waals surface area contributed by atoms with E-state index in [1.54, 1.807) is 14.2 Å². The van der Waals surface area contributed by atoms with Crippen LogP contribution in [0.3, 0.4) is 0 Å². The molecule has 2 heterocycles. The maximum Gasteiger partial charge on any atom is 0.251 e. The van der Waals surface area contributed by atoms with Gasteiger partial charge in [0, 0.05) is 46.8 Å². The van der Waals surface area contributed by atoms with E-state index in [2.05, 4.69) is 0 Å². The molecule has 0 aromatic carbocycles. The molecule has 1 unspecified atom stereocenters. The topological polar surface area (TPSA) is 59.1 Å². The van der Waals surface area contributed by atoms with Crippen molar-refractivity contribution in [1.29, 1.82) is 0 Å². The minimum absolute atomic E-state index is 0.105. The zero-order valence-corrected chi connectivity index (χ0v) is 14.7. The summed E-state index contributed by atoms with van der Waals surface area (Å²) in [6.45, 7) is 5.56. The van der Waals surface area contributed by atoms with Crippen molar-refractivity contribution in [3.63, 3.8) is 0 Å². The zero-order chi connectivity index (χ0) is 16.9. The molecule has 0 radical (unpaired) electrons. The van der Waals surface area contributed by atoms with Crippen LogP contribution in [0.25, 0.3) is 0 Å². The van der Waals surface area contributed by atoms with Crippen LogP contribution in [-0.2, 0) is 19.1 Å². The van der Waals surface area contributed by atoms with Crippen LogP contribution in [0.15, 0.2) is 0 Å². The fraction of sp³-hybridized carbons (Fsp3) is 0.882. The Bertz CT molecular complexity index is 415. The van der Waals surface area contributed by atoms with Gasteiger partial charge in [-0.1, -0.05) is 6.92 Å². The summed E-state index contributed by atoms with van der Waals surface area (Å²) in [5, 5.41) is 0. The predicted octanol–water partition coefficient (Wildman–Crippen LogP) is 1.29. The van der Waals surface area contributed by atoms with E-state index in [0.29, 0.717) is 26.0 Å². The van der Waals surface area contributed by atoms with E-state index >= 15 is 0 Å². The number of piperidine rings is 2. The van der Waals surface area contributed by atoms with E-state index in [4.69, 9.17) is 9.47 Å². The Kier molecular flexibility index (Phi) is 6.41. The minimum Gasteiger partial charge on any atom is -0.383 e. The second-order valence-electron chi connectivity index (χ2n) is 6.77. The monoisotopic (exact) mass is 326 g/mol. The summed E-state index contributed by atoms with van der Waals surface area (Å²) in [5.74, 6) is 0.338. The van der Waals surface area contributed by atoms with Crippen molar-refractivity contribution in [2.24, 2.45) is 5.41 Å². The van der Waals surface area contributed by atoms with Gasteiger partial charge in [-0.25, -0.2) is 0 Å². The Balaban J connectivity index is 1.92. The summed E-state index contributed by atoms with van der Waals surface area (Å²) in [7, 11) is 3.26. The summed E-state index contributed by atoms with van der Waals surface area (Å²) in [6.07, 6.45) is 3.88. The van der Waals surface area contributed by atoms with Gasteiger partial charge in [0.2, 0.25) is 5.91 Å². The lowest BCUT2D eigenvalue weighted by Gasteiger charge is -2.47. The highest BCUT2D eigenvalue weighted by Gasteiger charge is 2.42. The molecule has 2 rings (SSSR count). The number of ether oxygens (including phenoxy) is 2. The van der Waals surface area contributed by atoms with E-state index in [0.717, 1.165) is 38.9 Å². The van der Waals surface area contributed by atoms with Crippen molar-refractivity contribution in [1.82, 2.24) is 9.80 Å². The van der Waals surface area contributed by atoms with Crippen LogP contribution in [0.5, 0.6) is 0 Å². The fourth-order valence-corrected chi connectivity index (χ4v) is 3.76. The maximum atomic E-state index is 12.4. The summed E-state index contributed by atoms with van der Waals surface area (Å²) in [5.41, 5.74) is 0.174. The Morgan fingerprint density at radius 1 is 1.26 bits per heavy atom. The number of hydrogen-bond donors (Lipinski definition) is 0. The molecule has 0 aromatic rings. The summed E-state index contributed by atoms with van der Waals surface area (Å²) >= 11 is 0. The van der Waals surface area contributed by atoms with E-state index in [9.17, 15) is 9.59 Å². The number of likely N-dealkylation sites (tertiary alicyclic amines) is 2. The molecule has 0 saturated carbocycles. The second-order valence-corrected chi connectivity index (χ2v) is 6.77. The molecular weight excluding hydrogens is 296 g/mol. The van der Waals surface area contributed by atoms with Crippen LogP contribution < -0.4 is 0 Å². The van der Waals surface area contributed by atoms with Crippen LogP contribution in [-0.4, -0.2) is 74.7 Å². The van der Waals surface area contributed by atoms with Gasteiger partial charge in [0.15, 0.2) is 0 Å². The molecule has 2 saturated heterocycles. The van der Waals surface area contributed by atoms with Crippen LogP contribution in [0, 0.1) is 5.41 Å². The second kappa shape index (κ2) is 8.11. The molecular formula is C17H30N2O4. The molecule has 1 spiro atoms. The third-order valence-electron chi connectivity index (χ3n) is 5.38. The Morgan fingerprint density at radius 3 is 2.52 bits per heavy atom. The van der Waals surface area contributed by atoms with Crippen molar-refractivity contribution in [2.45, 2.75) is 45.1 Å². The van der Waals surface area contributed by atoms with Crippen LogP contribution in [0.2, 0.25) is 0 Å². The summed E-state index contributed by atoms with van der Waals surface area (Å²) in [6, 6.07) is 0. The molecule has 6 nitrogen and oxygen atoms in total. The van der Waals surface area contributed by atoms with Gasteiger partial charge in [0.25, 0.3) is 5.91 Å². The van der Waals surface area contributed by atoms with Crippen LogP contribution in [0.4, 0.5) is 0 Å². The van der Waals surface area contributed by atoms with E-state index < -0.39 is 0 Å². The van der Waals surface area contributed by atoms with Crippen LogP contribution >= 0.6 is 0 Å². The Labute approximate surface area is 139 Å². The molecule has 2 amide bonds. The highest BCUT2D eigenvalue weighted by Crippen LogP contribution is 2.40. The molecule has 2 aliphatic rings. The van der Waals surface area contributed by atoms with E-state index in [-0.39, 0.29) is 23.3 Å². The summed E-state index contributed by atoms with van der Waals surface area (Å²) < 4.78 is 10.4. The number of nitrogens with zero attached hydrogens (tertiary/aromatic N) is 2. The van der Waals surface area contributed by atoms with Gasteiger partial charge in [-0.15, -0.1) is 0 Å². The first kappa shape index (κ1) is 18.2. The lowest BCUT2D eigenvalue weighted by molar-refractivity contribution is -0.148. The molecule has 6 heteroatoms. The van der Waals surface area contributed by atoms with Gasteiger partial charge in [0.1, 0.15) is 6.10 Å². The molecule has 1 atom stereocenters. The van der Waals surface area contributed by atoms with Gasteiger partial charge in [0.05, 0.1) is 6.61 Å². The van der Waals surface area contributed by atoms with Gasteiger partial charge in [-0.3, -0.25) is 9.59 Å². The van der Waals surface area contributed by atoms with Gasteiger partial charge >= 0.3 is 0 Å². The first-order valence-electron chi connectivity index (χ1n) is 8.63. The van der Waals surface area contributed by atoms with Crippen LogP contribution in [0.1, 0.15) is 39.0 Å². The maximum absolute atomic E-state index is 12.4. The van der Waals surface area contributed by atoms with Gasteiger partial charge in [-0.05, 0) is 31.1 Å². The zero-order valence-electron chi connectivity index (χ0n) is 14.7. The number of hydrogen-bond acceptors (Lipinski definition) is 4. The number of amides is 2. The number of carbonyl (C=O) groups excluding carboxylic acids is 2. The fourth-order valence-electron chi connectivity index (χ4n) is 3.76. The van der Waals surface area contributed by atoms with Crippen molar-refractivity contribution in [3.8, 4) is 0 Å². The SMILES string of the molecule is CCC(OC)C(=O)N1CCC2(CCC(=O)N(CCOC)C2)CC1. The average Bonchev–Trinajstić information content (AvgIpc) is 2.57. The normalized spacial score (nSPS) is 22.5. The number of carbonyl (C=O) groups is 2. The minimum atomic E-state index is -0.324. The molecule has 2 aliphatic heterocycles. The number of methoxy groups -OCH3 is 2. The molecule has 2 fully saturated rings. The Hall–Kier alpha value is -1.14. The van der Waals surface area contributed by atoms with Crippen molar-refractivity contribution in [3.05, 3.63) is 0 Å². The van der Waals surface area contributed by atoms with Crippen molar-refractivity contribution < 1.29 is 19.1 Å². The highest BCUT2D eigenvalue weighted by molar-refractivity contribution is 5.81. The highest BCUT2D eigenvalue weighted by atomic mass is 16.5. The van der Waals surface area contributed by atoms with Gasteiger partial charge in [-0.2, -0.15) is 0 Å². The first-order valence-corrected chi connectivity index (χ1v) is 8.63. The largest absolute Gasteiger partial charge is 0.383 e.